The van der Waals surface area contributed by atoms with Gasteiger partial charge < -0.3 is 10.6 Å². The minimum atomic E-state index is -0.147. The molecule has 0 unspecified atom stereocenters. The number of anilines is 1. The maximum Gasteiger partial charge on any atom is 0.251 e. The molecule has 0 bridgehead atoms. The van der Waals surface area contributed by atoms with E-state index in [0.29, 0.717) is 12.1 Å². The fourth-order valence-corrected chi connectivity index (χ4v) is 1.84. The number of carbonyl (C=O) groups excluding carboxylic acids is 1. The molecule has 0 aliphatic carbocycles. The number of nitrogens with zero attached hydrogens (tertiary/aromatic N) is 3. The molecule has 2 aromatic heterocycles. The molecule has 6 nitrogen and oxygen atoms in total. The van der Waals surface area contributed by atoms with Crippen molar-refractivity contribution in [2.24, 2.45) is 0 Å². The van der Waals surface area contributed by atoms with Crippen LogP contribution in [0.1, 0.15) is 35.1 Å². The van der Waals surface area contributed by atoms with Crippen molar-refractivity contribution in [3.05, 3.63) is 47.4 Å². The Bertz CT molecular complexity index is 600. The van der Waals surface area contributed by atoms with E-state index in [1.807, 2.05) is 13.0 Å². The summed E-state index contributed by atoms with van der Waals surface area (Å²) in [6, 6.07) is 7.13. The van der Waals surface area contributed by atoms with Crippen molar-refractivity contribution in [1.82, 2.24) is 20.5 Å². The standard InChI is InChI=1S/C15H19N5O/c1-3-6-16-14-9-12(8-11(2)19-14)15(21)17-10-13-5-4-7-18-20-13/h4-5,7-9H,3,6,10H2,1-2H3,(H,16,19)(H,17,21). The van der Waals surface area contributed by atoms with E-state index >= 15 is 0 Å². The highest BCUT2D eigenvalue weighted by Crippen LogP contribution is 2.10. The molecule has 0 atom stereocenters. The molecule has 1 amide bonds. The number of amides is 1. The van der Waals surface area contributed by atoms with E-state index in [-0.39, 0.29) is 5.91 Å². The third kappa shape index (κ3) is 4.52. The lowest BCUT2D eigenvalue weighted by Crippen LogP contribution is -2.24. The molecular formula is C15H19N5O. The summed E-state index contributed by atoms with van der Waals surface area (Å²) in [6.45, 7) is 5.14. The Morgan fingerprint density at radius 1 is 1.33 bits per heavy atom. The van der Waals surface area contributed by atoms with Gasteiger partial charge in [-0.2, -0.15) is 10.2 Å². The van der Waals surface area contributed by atoms with Crippen molar-refractivity contribution in [2.75, 3.05) is 11.9 Å². The second-order valence-corrected chi connectivity index (χ2v) is 4.71. The van der Waals surface area contributed by atoms with Gasteiger partial charge in [-0.3, -0.25) is 4.79 Å². The van der Waals surface area contributed by atoms with Gasteiger partial charge in [-0.1, -0.05) is 6.92 Å². The van der Waals surface area contributed by atoms with Crippen molar-refractivity contribution >= 4 is 11.7 Å². The zero-order valence-electron chi connectivity index (χ0n) is 12.3. The summed E-state index contributed by atoms with van der Waals surface area (Å²) < 4.78 is 0. The molecule has 2 rings (SSSR count). The zero-order chi connectivity index (χ0) is 15.1. The van der Waals surface area contributed by atoms with Gasteiger partial charge in [0.1, 0.15) is 5.82 Å². The first kappa shape index (κ1) is 14.9. The Kier molecular flexibility index (Phi) is 5.20. The van der Waals surface area contributed by atoms with E-state index in [0.717, 1.165) is 30.2 Å². The number of pyridine rings is 1. The van der Waals surface area contributed by atoms with Gasteiger partial charge in [0.15, 0.2) is 0 Å². The quantitative estimate of drug-likeness (QED) is 0.847. The van der Waals surface area contributed by atoms with Gasteiger partial charge in [-0.25, -0.2) is 4.98 Å². The summed E-state index contributed by atoms with van der Waals surface area (Å²) in [6.07, 6.45) is 2.60. The highest BCUT2D eigenvalue weighted by atomic mass is 16.1. The van der Waals surface area contributed by atoms with E-state index in [2.05, 4.69) is 32.7 Å². The molecular weight excluding hydrogens is 266 g/mol. The molecule has 0 aliphatic heterocycles. The monoisotopic (exact) mass is 285 g/mol. The topological polar surface area (TPSA) is 79.8 Å². The van der Waals surface area contributed by atoms with Crippen LogP contribution in [-0.4, -0.2) is 27.6 Å². The third-order valence-corrected chi connectivity index (χ3v) is 2.83. The molecule has 2 aromatic rings. The largest absolute Gasteiger partial charge is 0.370 e. The van der Waals surface area contributed by atoms with Crippen molar-refractivity contribution in [3.8, 4) is 0 Å². The molecule has 0 fully saturated rings. The maximum atomic E-state index is 12.2. The fourth-order valence-electron chi connectivity index (χ4n) is 1.84. The lowest BCUT2D eigenvalue weighted by atomic mass is 10.2. The van der Waals surface area contributed by atoms with Crippen LogP contribution >= 0.6 is 0 Å². The molecule has 0 spiro atoms. The van der Waals surface area contributed by atoms with Gasteiger partial charge in [-0.15, -0.1) is 0 Å². The maximum absolute atomic E-state index is 12.2. The first-order valence-corrected chi connectivity index (χ1v) is 6.96. The van der Waals surface area contributed by atoms with E-state index in [1.165, 1.54) is 0 Å². The van der Waals surface area contributed by atoms with Crippen LogP contribution in [0, 0.1) is 6.92 Å². The summed E-state index contributed by atoms with van der Waals surface area (Å²) in [5.41, 5.74) is 2.12. The Balaban J connectivity index is 2.03. The predicted octanol–water partition coefficient (Wildman–Crippen LogP) is 1.93. The van der Waals surface area contributed by atoms with Crippen LogP contribution in [0.15, 0.2) is 30.5 Å². The second kappa shape index (κ2) is 7.33. The van der Waals surface area contributed by atoms with Crippen LogP contribution in [0.4, 0.5) is 5.82 Å². The number of aromatic nitrogens is 3. The molecule has 2 heterocycles. The van der Waals surface area contributed by atoms with Crippen LogP contribution in [-0.2, 0) is 6.54 Å². The van der Waals surface area contributed by atoms with Crippen LogP contribution in [0.3, 0.4) is 0 Å². The Labute approximate surface area is 124 Å². The summed E-state index contributed by atoms with van der Waals surface area (Å²) in [7, 11) is 0. The van der Waals surface area contributed by atoms with Crippen molar-refractivity contribution < 1.29 is 4.79 Å². The number of hydrogen-bond donors (Lipinski definition) is 2. The number of aryl methyl sites for hydroxylation is 1. The summed E-state index contributed by atoms with van der Waals surface area (Å²) in [5.74, 6) is 0.576. The average molecular weight is 285 g/mol. The van der Waals surface area contributed by atoms with Crippen molar-refractivity contribution in [2.45, 2.75) is 26.8 Å². The summed E-state index contributed by atoms with van der Waals surface area (Å²) in [4.78, 5) is 16.5. The highest BCUT2D eigenvalue weighted by molar-refractivity contribution is 5.94. The van der Waals surface area contributed by atoms with E-state index in [1.54, 1.807) is 24.4 Å². The Morgan fingerprint density at radius 3 is 2.90 bits per heavy atom. The van der Waals surface area contributed by atoms with Gasteiger partial charge in [0, 0.05) is 24.0 Å². The molecule has 0 radical (unpaired) electrons. The van der Waals surface area contributed by atoms with Gasteiger partial charge in [0.05, 0.1) is 12.2 Å². The Hall–Kier alpha value is -2.50. The lowest BCUT2D eigenvalue weighted by molar-refractivity contribution is 0.0950. The first-order valence-electron chi connectivity index (χ1n) is 6.96. The van der Waals surface area contributed by atoms with Crippen molar-refractivity contribution in [1.29, 1.82) is 0 Å². The highest BCUT2D eigenvalue weighted by Gasteiger charge is 2.08. The number of nitrogens with one attached hydrogen (secondary N) is 2. The molecule has 110 valence electrons. The molecule has 0 saturated carbocycles. The van der Waals surface area contributed by atoms with E-state index < -0.39 is 0 Å². The minimum Gasteiger partial charge on any atom is -0.370 e. The van der Waals surface area contributed by atoms with Gasteiger partial charge in [-0.05, 0) is 37.6 Å². The zero-order valence-corrected chi connectivity index (χ0v) is 12.3. The molecule has 21 heavy (non-hydrogen) atoms. The number of rotatable bonds is 6. The van der Waals surface area contributed by atoms with Crippen molar-refractivity contribution in [3.63, 3.8) is 0 Å². The molecule has 0 aromatic carbocycles. The first-order chi connectivity index (χ1) is 10.2. The molecule has 0 aliphatic rings. The second-order valence-electron chi connectivity index (χ2n) is 4.71. The lowest BCUT2D eigenvalue weighted by Gasteiger charge is -2.09. The summed E-state index contributed by atoms with van der Waals surface area (Å²) >= 11 is 0. The van der Waals surface area contributed by atoms with E-state index in [4.69, 9.17) is 0 Å². The SMILES string of the molecule is CCCNc1cc(C(=O)NCc2cccnn2)cc(C)n1. The van der Waals surface area contributed by atoms with Gasteiger partial charge >= 0.3 is 0 Å². The van der Waals surface area contributed by atoms with Crippen LogP contribution in [0.5, 0.6) is 0 Å². The molecule has 2 N–H and O–H groups in total. The normalized spacial score (nSPS) is 10.2. The predicted molar refractivity (Wildman–Crippen MR) is 81.0 cm³/mol. The molecule has 6 heteroatoms. The van der Waals surface area contributed by atoms with Crippen LogP contribution in [0.2, 0.25) is 0 Å². The van der Waals surface area contributed by atoms with Crippen LogP contribution < -0.4 is 10.6 Å². The molecule has 0 saturated heterocycles. The number of carbonyl (C=O) groups is 1. The fraction of sp³-hybridized carbons (Fsp3) is 0.333. The summed E-state index contributed by atoms with van der Waals surface area (Å²) in [5, 5.41) is 13.7. The average Bonchev–Trinajstić information content (AvgIpc) is 2.51. The smallest absolute Gasteiger partial charge is 0.251 e. The van der Waals surface area contributed by atoms with Gasteiger partial charge in [0.25, 0.3) is 5.91 Å². The Morgan fingerprint density at radius 2 is 2.19 bits per heavy atom. The minimum absolute atomic E-state index is 0.147. The van der Waals surface area contributed by atoms with Gasteiger partial charge in [0.2, 0.25) is 0 Å². The van der Waals surface area contributed by atoms with Crippen LogP contribution in [0.25, 0.3) is 0 Å². The third-order valence-electron chi connectivity index (χ3n) is 2.83. The number of hydrogen-bond acceptors (Lipinski definition) is 5. The van der Waals surface area contributed by atoms with E-state index in [9.17, 15) is 4.79 Å².